The lowest BCUT2D eigenvalue weighted by molar-refractivity contribution is -0.145. The van der Waals surface area contributed by atoms with E-state index in [0.29, 0.717) is 40.6 Å². The van der Waals surface area contributed by atoms with Gasteiger partial charge in [-0.3, -0.25) is 24.0 Å². The molecule has 0 bridgehead atoms. The lowest BCUT2D eigenvalue weighted by atomic mass is 9.85. The summed E-state index contributed by atoms with van der Waals surface area (Å²) in [6.07, 6.45) is 1.63. The van der Waals surface area contributed by atoms with E-state index < -0.39 is 52.6 Å². The maximum atomic E-state index is 14.7. The summed E-state index contributed by atoms with van der Waals surface area (Å²) in [6, 6.07) is 9.87. The molecule has 2 aromatic rings. The highest BCUT2D eigenvalue weighted by molar-refractivity contribution is 6.38. The van der Waals surface area contributed by atoms with Crippen molar-refractivity contribution in [2.75, 3.05) is 27.8 Å². The fourth-order valence-corrected chi connectivity index (χ4v) is 7.32. The Morgan fingerprint density at radius 3 is 2.35 bits per heavy atom. The first-order valence-corrected chi connectivity index (χ1v) is 17.9. The van der Waals surface area contributed by atoms with E-state index in [1.807, 2.05) is 58.0 Å². The number of carbonyl (C=O) groups is 5. The number of halogens is 1. The molecule has 14 heteroatoms. The van der Waals surface area contributed by atoms with Crippen LogP contribution in [0.4, 0.5) is 0 Å². The van der Waals surface area contributed by atoms with Crippen molar-refractivity contribution < 1.29 is 38.3 Å². The number of methoxy groups -OCH3 is 2. The van der Waals surface area contributed by atoms with Gasteiger partial charge in [0.25, 0.3) is 5.91 Å². The van der Waals surface area contributed by atoms with Crippen molar-refractivity contribution >= 4 is 46.7 Å². The number of nitrogens with one attached hydrogen (secondary N) is 3. The van der Waals surface area contributed by atoms with Gasteiger partial charge in [0.2, 0.25) is 23.5 Å². The number of hydrogen-bond donors (Lipinski definition) is 3. The zero-order valence-electron chi connectivity index (χ0n) is 30.7. The Kier molecular flexibility index (Phi) is 11.5. The molecular formula is C38H48ClN5O8. The van der Waals surface area contributed by atoms with E-state index in [1.54, 1.807) is 12.1 Å². The molecule has 2 aliphatic heterocycles. The third kappa shape index (κ3) is 8.04. The van der Waals surface area contributed by atoms with Crippen molar-refractivity contribution in [3.8, 4) is 11.5 Å². The SMILES string of the molecule is CCC[C@H](NC(=O)[C@@H]1C[C@]2(CC(c3cc(Cl)c(OC)cc3OC)=NO2)CN1C(=O)[C@@H](NC(=O)[C@@H]1CC1c1ccccc1)C(C)(C)C)C(=O)C(=O)NC. The highest BCUT2D eigenvalue weighted by atomic mass is 35.5. The maximum Gasteiger partial charge on any atom is 0.289 e. The summed E-state index contributed by atoms with van der Waals surface area (Å²) in [6.45, 7) is 7.35. The Labute approximate surface area is 309 Å². The van der Waals surface area contributed by atoms with Gasteiger partial charge in [-0.25, -0.2) is 0 Å². The summed E-state index contributed by atoms with van der Waals surface area (Å²) < 4.78 is 10.9. The van der Waals surface area contributed by atoms with E-state index in [-0.39, 0.29) is 43.6 Å². The van der Waals surface area contributed by atoms with Gasteiger partial charge in [-0.05, 0) is 35.8 Å². The topological polar surface area (TPSA) is 165 Å². The summed E-state index contributed by atoms with van der Waals surface area (Å²) >= 11 is 6.47. The molecule has 2 aromatic carbocycles. The zero-order chi connectivity index (χ0) is 38.0. The Morgan fingerprint density at radius 2 is 1.73 bits per heavy atom. The number of benzene rings is 2. The summed E-state index contributed by atoms with van der Waals surface area (Å²) in [4.78, 5) is 75.3. The number of hydrogen-bond acceptors (Lipinski definition) is 9. The van der Waals surface area contributed by atoms with E-state index in [0.717, 1.165) is 5.56 Å². The standard InChI is InChI=1S/C38H48ClN5O8/c1-8-12-26(31(45)35(48)40-5)41-34(47)28-19-38(18-27(43-52-38)24-16-25(39)30(51-7)17-29(24)50-6)20-44(28)36(49)32(37(2,3)4)42-33(46)23-15-22(23)21-13-10-9-11-14-21/h9-11,13-14,16-17,22-23,26,28,32H,8,12,15,18-20H2,1-7H3,(H,40,48)(H,41,47)(H,42,46)/t22?,23-,26+,28+,32-,38-/m1/s1. The molecule has 52 heavy (non-hydrogen) atoms. The molecule has 0 aromatic heterocycles. The van der Waals surface area contributed by atoms with Crippen molar-refractivity contribution in [3.63, 3.8) is 0 Å². The first kappa shape index (κ1) is 38.6. The molecule has 13 nitrogen and oxygen atoms in total. The molecule has 1 saturated carbocycles. The van der Waals surface area contributed by atoms with Crippen LogP contribution in [0.15, 0.2) is 47.6 Å². The summed E-state index contributed by atoms with van der Waals surface area (Å²) in [5.41, 5.74) is 0.252. The van der Waals surface area contributed by atoms with Crippen LogP contribution in [0.25, 0.3) is 0 Å². The van der Waals surface area contributed by atoms with Gasteiger partial charge in [0.15, 0.2) is 5.60 Å². The first-order valence-electron chi connectivity index (χ1n) is 17.6. The van der Waals surface area contributed by atoms with Gasteiger partial charge in [0, 0.05) is 37.4 Å². The lowest BCUT2D eigenvalue weighted by Crippen LogP contribution is -2.59. The number of amides is 4. The first-order chi connectivity index (χ1) is 24.7. The van der Waals surface area contributed by atoms with Crippen LogP contribution in [0, 0.1) is 11.3 Å². The molecule has 3 aliphatic rings. The largest absolute Gasteiger partial charge is 0.496 e. The number of carbonyl (C=O) groups excluding carboxylic acids is 5. The predicted octanol–water partition coefficient (Wildman–Crippen LogP) is 3.76. The number of ether oxygens (including phenoxy) is 2. The number of oxime groups is 1. The predicted molar refractivity (Wildman–Crippen MR) is 194 cm³/mol. The van der Waals surface area contributed by atoms with E-state index in [4.69, 9.17) is 25.9 Å². The number of Topliss-reactive ketones (excluding diaryl/α,β-unsaturated/α-hetero) is 1. The normalized spacial score (nSPS) is 23.2. The highest BCUT2D eigenvalue weighted by Crippen LogP contribution is 2.48. The van der Waals surface area contributed by atoms with Gasteiger partial charge < -0.3 is 35.2 Å². The van der Waals surface area contributed by atoms with E-state index in [9.17, 15) is 24.0 Å². The minimum Gasteiger partial charge on any atom is -0.496 e. The third-order valence-electron chi connectivity index (χ3n) is 10.0. The Morgan fingerprint density at radius 1 is 1.04 bits per heavy atom. The molecule has 1 aliphatic carbocycles. The molecule has 1 spiro atoms. The average molecular weight is 738 g/mol. The van der Waals surface area contributed by atoms with Crippen LogP contribution < -0.4 is 25.4 Å². The van der Waals surface area contributed by atoms with Crippen molar-refractivity contribution in [1.29, 1.82) is 0 Å². The van der Waals surface area contributed by atoms with Crippen LogP contribution in [0.5, 0.6) is 11.5 Å². The van der Waals surface area contributed by atoms with Crippen LogP contribution in [0.2, 0.25) is 5.02 Å². The van der Waals surface area contributed by atoms with Gasteiger partial charge in [0.05, 0.1) is 37.5 Å². The lowest BCUT2D eigenvalue weighted by Gasteiger charge is -2.35. The molecule has 2 heterocycles. The van der Waals surface area contributed by atoms with Gasteiger partial charge >= 0.3 is 0 Å². The summed E-state index contributed by atoms with van der Waals surface area (Å²) in [5.74, 6) is -2.30. The molecule has 6 atom stereocenters. The fourth-order valence-electron chi connectivity index (χ4n) is 7.08. The van der Waals surface area contributed by atoms with Crippen LogP contribution in [0.1, 0.15) is 76.8 Å². The van der Waals surface area contributed by atoms with Crippen molar-refractivity contribution in [3.05, 3.63) is 58.6 Å². The molecule has 5 rings (SSSR count). The second-order valence-corrected chi connectivity index (χ2v) is 15.2. The molecule has 4 amide bonds. The number of ketones is 1. The Balaban J connectivity index is 1.44. The van der Waals surface area contributed by atoms with Gasteiger partial charge in [-0.1, -0.05) is 81.2 Å². The van der Waals surface area contributed by atoms with Crippen LogP contribution in [0.3, 0.4) is 0 Å². The monoisotopic (exact) mass is 737 g/mol. The minimum atomic E-state index is -1.13. The Hall–Kier alpha value is -4.65. The molecule has 1 unspecified atom stereocenters. The summed E-state index contributed by atoms with van der Waals surface area (Å²) in [5, 5.41) is 12.8. The zero-order valence-corrected chi connectivity index (χ0v) is 31.5. The van der Waals surface area contributed by atoms with Crippen LogP contribution in [-0.4, -0.2) is 91.6 Å². The van der Waals surface area contributed by atoms with Gasteiger partial charge in [-0.15, -0.1) is 0 Å². The summed E-state index contributed by atoms with van der Waals surface area (Å²) in [7, 11) is 4.34. The minimum absolute atomic E-state index is 0.0281. The van der Waals surface area contributed by atoms with Crippen molar-refractivity contribution in [2.24, 2.45) is 16.5 Å². The van der Waals surface area contributed by atoms with Gasteiger partial charge in [0.1, 0.15) is 23.6 Å². The highest BCUT2D eigenvalue weighted by Gasteiger charge is 2.56. The molecule has 0 radical (unpaired) electrons. The average Bonchev–Trinajstić information content (AvgIpc) is 3.70. The quantitative estimate of drug-likeness (QED) is 0.262. The second kappa shape index (κ2) is 15.5. The maximum absolute atomic E-state index is 14.7. The smallest absolute Gasteiger partial charge is 0.289 e. The third-order valence-corrected chi connectivity index (χ3v) is 10.3. The Bertz CT molecular complexity index is 1740. The van der Waals surface area contributed by atoms with E-state index >= 15 is 0 Å². The van der Waals surface area contributed by atoms with Gasteiger partial charge in [-0.2, -0.15) is 0 Å². The van der Waals surface area contributed by atoms with Crippen LogP contribution >= 0.6 is 11.6 Å². The van der Waals surface area contributed by atoms with Crippen molar-refractivity contribution in [1.82, 2.24) is 20.9 Å². The fraction of sp³-hybridized carbons (Fsp3) is 0.526. The number of likely N-dealkylation sites (tertiary alicyclic amines) is 1. The molecule has 1 saturated heterocycles. The molecule has 280 valence electrons. The second-order valence-electron chi connectivity index (χ2n) is 14.8. The van der Waals surface area contributed by atoms with E-state index in [2.05, 4.69) is 21.1 Å². The van der Waals surface area contributed by atoms with Crippen LogP contribution in [-0.2, 0) is 28.8 Å². The number of likely N-dealkylation sites (N-methyl/N-ethyl adjacent to an activating group) is 1. The molecular weight excluding hydrogens is 690 g/mol. The van der Waals surface area contributed by atoms with Crippen molar-refractivity contribution in [2.45, 2.75) is 89.4 Å². The molecule has 3 N–H and O–H groups in total. The number of nitrogens with zero attached hydrogens (tertiary/aromatic N) is 2. The molecule has 2 fully saturated rings. The van der Waals surface area contributed by atoms with E-state index in [1.165, 1.54) is 26.2 Å². The number of rotatable bonds is 13.